The number of carbonyl (C=O) groups is 1. The second kappa shape index (κ2) is 7.23. The highest BCUT2D eigenvalue weighted by Gasteiger charge is 2.23. The van der Waals surface area contributed by atoms with Crippen molar-refractivity contribution < 1.29 is 4.79 Å². The van der Waals surface area contributed by atoms with E-state index in [0.29, 0.717) is 11.9 Å². The van der Waals surface area contributed by atoms with Gasteiger partial charge in [-0.2, -0.15) is 0 Å². The number of piperazine rings is 1. The van der Waals surface area contributed by atoms with Gasteiger partial charge in [0.15, 0.2) is 0 Å². The highest BCUT2D eigenvalue weighted by atomic mass is 16.2. The van der Waals surface area contributed by atoms with Crippen molar-refractivity contribution in [2.45, 2.75) is 25.8 Å². The molecule has 0 bridgehead atoms. The molecule has 1 saturated heterocycles. The van der Waals surface area contributed by atoms with Crippen molar-refractivity contribution in [2.75, 3.05) is 41.3 Å². The summed E-state index contributed by atoms with van der Waals surface area (Å²) in [6, 6.07) is 12.7. The van der Waals surface area contributed by atoms with Gasteiger partial charge in [0.2, 0.25) is 0 Å². The highest BCUT2D eigenvalue weighted by molar-refractivity contribution is 5.88. The molecule has 0 unspecified atom stereocenters. The molecule has 4 rings (SSSR count). The molecule has 2 N–H and O–H groups in total. The molecule has 1 aliphatic heterocycles. The number of rotatable bonds is 4. The lowest BCUT2D eigenvalue weighted by molar-refractivity contribution is 0.251. The average Bonchev–Trinajstić information content (AvgIpc) is 3.46. The van der Waals surface area contributed by atoms with Gasteiger partial charge < -0.3 is 15.1 Å². The largest absolute Gasteiger partial charge is 0.368 e. The van der Waals surface area contributed by atoms with E-state index in [1.54, 1.807) is 0 Å². The van der Waals surface area contributed by atoms with E-state index >= 15 is 0 Å². The summed E-state index contributed by atoms with van der Waals surface area (Å²) >= 11 is 0. The minimum absolute atomic E-state index is 0.167. The van der Waals surface area contributed by atoms with Crippen LogP contribution in [0.5, 0.6) is 0 Å². The van der Waals surface area contributed by atoms with Crippen molar-refractivity contribution >= 4 is 23.2 Å². The van der Waals surface area contributed by atoms with Crippen molar-refractivity contribution in [3.8, 4) is 0 Å². The van der Waals surface area contributed by atoms with Gasteiger partial charge in [-0.25, -0.2) is 9.78 Å². The molecule has 2 aliphatic rings. The number of nitrogens with zero attached hydrogens (tertiary/aromatic N) is 3. The number of amides is 2. The molecule has 2 heterocycles. The molecule has 0 spiro atoms. The van der Waals surface area contributed by atoms with Gasteiger partial charge in [-0.15, -0.1) is 0 Å². The van der Waals surface area contributed by atoms with Gasteiger partial charge in [0.25, 0.3) is 0 Å². The third-order valence-electron chi connectivity index (χ3n) is 4.91. The lowest BCUT2D eigenvalue weighted by Crippen LogP contribution is -2.46. The summed E-state index contributed by atoms with van der Waals surface area (Å²) in [5.74, 6) is 0.588. The molecule has 1 aromatic heterocycles. The summed E-state index contributed by atoms with van der Waals surface area (Å²) in [4.78, 5) is 20.9. The van der Waals surface area contributed by atoms with Crippen LogP contribution in [0.3, 0.4) is 0 Å². The van der Waals surface area contributed by atoms with E-state index < -0.39 is 0 Å². The molecule has 136 valence electrons. The fourth-order valence-corrected chi connectivity index (χ4v) is 3.26. The first-order valence-electron chi connectivity index (χ1n) is 9.27. The maximum Gasteiger partial charge on any atom is 0.320 e. The molecule has 2 amide bonds. The molecule has 0 radical (unpaired) electrons. The number of anilines is 3. The number of benzene rings is 1. The van der Waals surface area contributed by atoms with Gasteiger partial charge in [-0.05, 0) is 49.6 Å². The molecular weight excluding hydrogens is 326 g/mol. The van der Waals surface area contributed by atoms with Gasteiger partial charge >= 0.3 is 6.03 Å². The van der Waals surface area contributed by atoms with E-state index in [4.69, 9.17) is 0 Å². The number of carbonyl (C=O) groups excluding carboxylic acids is 1. The predicted octanol–water partition coefficient (Wildman–Crippen LogP) is 3.00. The summed E-state index contributed by atoms with van der Waals surface area (Å²) in [5.41, 5.74) is 3.69. The molecule has 1 saturated carbocycles. The Morgan fingerprint density at radius 2 is 1.77 bits per heavy atom. The normalized spacial score (nSPS) is 17.1. The van der Waals surface area contributed by atoms with Crippen LogP contribution in [0.25, 0.3) is 0 Å². The first kappa shape index (κ1) is 16.7. The Labute approximate surface area is 154 Å². The standard InChI is InChI=1S/C20H25N5O/c1-15-3-2-4-17(13-15)24-9-11-25(12-10-24)18-7-8-19(21-14-18)23-20(26)22-16-5-6-16/h2-4,7-8,13-14,16H,5-6,9-12H2,1H3,(H2,21,22,23,26). The van der Waals surface area contributed by atoms with Gasteiger partial charge in [-0.3, -0.25) is 5.32 Å². The molecule has 1 aliphatic carbocycles. The van der Waals surface area contributed by atoms with Crippen LogP contribution in [0.1, 0.15) is 18.4 Å². The van der Waals surface area contributed by atoms with Crippen molar-refractivity contribution in [2.24, 2.45) is 0 Å². The van der Waals surface area contributed by atoms with Crippen LogP contribution in [-0.4, -0.2) is 43.2 Å². The lowest BCUT2D eigenvalue weighted by Gasteiger charge is -2.37. The van der Waals surface area contributed by atoms with Gasteiger partial charge in [0.1, 0.15) is 5.82 Å². The van der Waals surface area contributed by atoms with Crippen LogP contribution in [0.4, 0.5) is 22.0 Å². The van der Waals surface area contributed by atoms with Crippen LogP contribution in [-0.2, 0) is 0 Å². The van der Waals surface area contributed by atoms with Crippen LogP contribution in [0.15, 0.2) is 42.6 Å². The molecule has 26 heavy (non-hydrogen) atoms. The predicted molar refractivity (Wildman–Crippen MR) is 105 cm³/mol. The Balaban J connectivity index is 1.31. The Morgan fingerprint density at radius 3 is 2.38 bits per heavy atom. The summed E-state index contributed by atoms with van der Waals surface area (Å²) in [6.07, 6.45) is 4.00. The zero-order valence-electron chi connectivity index (χ0n) is 15.1. The first-order valence-corrected chi connectivity index (χ1v) is 9.27. The smallest absolute Gasteiger partial charge is 0.320 e. The fourth-order valence-electron chi connectivity index (χ4n) is 3.26. The van der Waals surface area contributed by atoms with Crippen LogP contribution in [0.2, 0.25) is 0 Å². The maximum absolute atomic E-state index is 11.8. The Hall–Kier alpha value is -2.76. The zero-order valence-corrected chi connectivity index (χ0v) is 15.1. The van der Waals surface area contributed by atoms with Crippen LogP contribution < -0.4 is 20.4 Å². The first-order chi connectivity index (χ1) is 12.7. The summed E-state index contributed by atoms with van der Waals surface area (Å²) < 4.78 is 0. The second-order valence-corrected chi connectivity index (χ2v) is 7.09. The maximum atomic E-state index is 11.8. The molecule has 2 fully saturated rings. The van der Waals surface area contributed by atoms with E-state index in [1.165, 1.54) is 11.3 Å². The van der Waals surface area contributed by atoms with Crippen molar-refractivity contribution in [1.29, 1.82) is 0 Å². The zero-order chi connectivity index (χ0) is 17.9. The number of aromatic nitrogens is 1. The number of urea groups is 1. The Bertz CT molecular complexity index is 764. The number of aryl methyl sites for hydroxylation is 1. The quantitative estimate of drug-likeness (QED) is 0.889. The minimum atomic E-state index is -0.167. The van der Waals surface area contributed by atoms with E-state index in [9.17, 15) is 4.79 Å². The van der Waals surface area contributed by atoms with E-state index in [-0.39, 0.29) is 6.03 Å². The summed E-state index contributed by atoms with van der Waals surface area (Å²) in [7, 11) is 0. The Morgan fingerprint density at radius 1 is 1.04 bits per heavy atom. The monoisotopic (exact) mass is 351 g/mol. The van der Waals surface area contributed by atoms with E-state index in [1.807, 2.05) is 18.3 Å². The average molecular weight is 351 g/mol. The van der Waals surface area contributed by atoms with Crippen LogP contribution in [0, 0.1) is 6.92 Å². The third kappa shape index (κ3) is 4.07. The van der Waals surface area contributed by atoms with Crippen molar-refractivity contribution in [1.82, 2.24) is 10.3 Å². The molecular formula is C20H25N5O. The van der Waals surface area contributed by atoms with Crippen LogP contribution >= 0.6 is 0 Å². The minimum Gasteiger partial charge on any atom is -0.368 e. The molecule has 2 aromatic rings. The second-order valence-electron chi connectivity index (χ2n) is 7.09. The SMILES string of the molecule is Cc1cccc(N2CCN(c3ccc(NC(=O)NC4CC4)nc3)CC2)c1. The fraction of sp³-hybridized carbons (Fsp3) is 0.400. The molecule has 6 nitrogen and oxygen atoms in total. The van der Waals surface area contributed by atoms with Gasteiger partial charge in [-0.1, -0.05) is 12.1 Å². The summed E-state index contributed by atoms with van der Waals surface area (Å²) in [5, 5.41) is 5.69. The van der Waals surface area contributed by atoms with Crippen molar-refractivity contribution in [3.05, 3.63) is 48.2 Å². The number of nitrogens with one attached hydrogen (secondary N) is 2. The molecule has 6 heteroatoms. The van der Waals surface area contributed by atoms with E-state index in [2.05, 4.69) is 56.6 Å². The number of hydrogen-bond acceptors (Lipinski definition) is 4. The van der Waals surface area contributed by atoms with Gasteiger partial charge in [0, 0.05) is 37.9 Å². The molecule has 1 aromatic carbocycles. The third-order valence-corrected chi connectivity index (χ3v) is 4.91. The highest BCUT2D eigenvalue weighted by Crippen LogP contribution is 2.22. The number of hydrogen-bond donors (Lipinski definition) is 2. The Kier molecular flexibility index (Phi) is 4.65. The number of pyridine rings is 1. The summed E-state index contributed by atoms with van der Waals surface area (Å²) in [6.45, 7) is 6.04. The van der Waals surface area contributed by atoms with E-state index in [0.717, 1.165) is 44.7 Å². The van der Waals surface area contributed by atoms with Crippen molar-refractivity contribution in [3.63, 3.8) is 0 Å². The van der Waals surface area contributed by atoms with Gasteiger partial charge in [0.05, 0.1) is 11.9 Å². The molecule has 0 atom stereocenters. The topological polar surface area (TPSA) is 60.5 Å². The lowest BCUT2D eigenvalue weighted by atomic mass is 10.2.